The van der Waals surface area contributed by atoms with E-state index in [4.69, 9.17) is 0 Å². The molecule has 3 rings (SSSR count). The molecule has 0 saturated heterocycles. The van der Waals surface area contributed by atoms with Crippen molar-refractivity contribution in [3.05, 3.63) is 57.3 Å². The third kappa shape index (κ3) is 2.11. The van der Waals surface area contributed by atoms with Gasteiger partial charge in [0.15, 0.2) is 0 Å². The second-order valence-electron chi connectivity index (χ2n) is 5.16. The topological polar surface area (TPSA) is 20.2 Å². The zero-order valence-electron chi connectivity index (χ0n) is 10.6. The van der Waals surface area contributed by atoms with Gasteiger partial charge in [0.2, 0.25) is 0 Å². The van der Waals surface area contributed by atoms with E-state index in [0.29, 0.717) is 0 Å². The molecule has 0 spiro atoms. The molecule has 2 aromatic rings. The van der Waals surface area contributed by atoms with Crippen LogP contribution in [-0.2, 0) is 0 Å². The normalized spacial score (nSPS) is 17.4. The molecule has 1 heterocycles. The van der Waals surface area contributed by atoms with Crippen LogP contribution in [0, 0.1) is 6.92 Å². The largest absolute Gasteiger partial charge is 0.383 e. The average molecular weight is 258 g/mol. The first-order valence-corrected chi connectivity index (χ1v) is 7.45. The zero-order chi connectivity index (χ0) is 12.5. The van der Waals surface area contributed by atoms with Crippen molar-refractivity contribution in [2.24, 2.45) is 0 Å². The Morgan fingerprint density at radius 1 is 1.17 bits per heavy atom. The summed E-state index contributed by atoms with van der Waals surface area (Å²) in [5.74, 6) is 0.764. The summed E-state index contributed by atoms with van der Waals surface area (Å²) in [6.45, 7) is 2.05. The maximum Gasteiger partial charge on any atom is 0.113 e. The summed E-state index contributed by atoms with van der Waals surface area (Å²) in [5, 5.41) is 12.4. The van der Waals surface area contributed by atoms with Gasteiger partial charge in [0.1, 0.15) is 6.10 Å². The van der Waals surface area contributed by atoms with E-state index in [0.717, 1.165) is 16.4 Å². The average Bonchev–Trinajstić information content (AvgIpc) is 2.73. The number of aliphatic hydroxyl groups excluding tert-OH is 1. The Hall–Kier alpha value is -1.12. The van der Waals surface area contributed by atoms with Gasteiger partial charge >= 0.3 is 0 Å². The van der Waals surface area contributed by atoms with Crippen molar-refractivity contribution >= 4 is 11.3 Å². The number of aryl methyl sites for hydroxylation is 1. The summed E-state index contributed by atoms with van der Waals surface area (Å²) in [4.78, 5) is 1.06. The zero-order valence-corrected chi connectivity index (χ0v) is 11.4. The first kappa shape index (κ1) is 11.9. The van der Waals surface area contributed by atoms with Gasteiger partial charge in [-0.05, 0) is 53.8 Å². The lowest BCUT2D eigenvalue weighted by Gasteiger charge is -2.26. The Morgan fingerprint density at radius 3 is 2.39 bits per heavy atom. The molecule has 0 radical (unpaired) electrons. The van der Waals surface area contributed by atoms with Crippen LogP contribution < -0.4 is 0 Å². The van der Waals surface area contributed by atoms with Gasteiger partial charge in [-0.3, -0.25) is 0 Å². The van der Waals surface area contributed by atoms with E-state index in [1.807, 2.05) is 5.38 Å². The summed E-state index contributed by atoms with van der Waals surface area (Å²) >= 11 is 1.63. The molecule has 0 amide bonds. The van der Waals surface area contributed by atoms with Crippen LogP contribution in [0.4, 0.5) is 0 Å². The van der Waals surface area contributed by atoms with Crippen molar-refractivity contribution in [2.45, 2.75) is 38.2 Å². The number of hydrogen-bond acceptors (Lipinski definition) is 2. The van der Waals surface area contributed by atoms with E-state index in [1.54, 1.807) is 11.3 Å². The Balaban J connectivity index is 1.82. The lowest BCUT2D eigenvalue weighted by molar-refractivity contribution is 0.223. The second kappa shape index (κ2) is 4.87. The maximum absolute atomic E-state index is 10.4. The van der Waals surface area contributed by atoms with E-state index < -0.39 is 6.10 Å². The number of thiophene rings is 1. The molecule has 18 heavy (non-hydrogen) atoms. The Morgan fingerprint density at radius 2 is 1.89 bits per heavy atom. The third-order valence-electron chi connectivity index (χ3n) is 3.98. The molecule has 1 aromatic carbocycles. The van der Waals surface area contributed by atoms with Crippen LogP contribution in [0.1, 0.15) is 52.9 Å². The van der Waals surface area contributed by atoms with Crippen LogP contribution >= 0.6 is 11.3 Å². The van der Waals surface area contributed by atoms with Crippen molar-refractivity contribution in [1.29, 1.82) is 0 Å². The van der Waals surface area contributed by atoms with Gasteiger partial charge in [-0.25, -0.2) is 0 Å². The van der Waals surface area contributed by atoms with Crippen LogP contribution in [0.2, 0.25) is 0 Å². The lowest BCUT2D eigenvalue weighted by atomic mass is 9.80. The summed E-state index contributed by atoms with van der Waals surface area (Å²) in [5.41, 5.74) is 3.61. The Kier molecular flexibility index (Phi) is 3.23. The second-order valence-corrected chi connectivity index (χ2v) is 6.11. The molecule has 1 unspecified atom stereocenters. The fourth-order valence-corrected chi connectivity index (χ4v) is 3.45. The molecule has 0 bridgehead atoms. The number of benzene rings is 1. The Labute approximate surface area is 112 Å². The SMILES string of the molecule is Cc1ccsc1C(O)c1ccc(C2CCC2)cc1. The molecule has 1 aliphatic carbocycles. The van der Waals surface area contributed by atoms with Crippen molar-refractivity contribution in [3.63, 3.8) is 0 Å². The molecule has 1 aliphatic rings. The number of hydrogen-bond donors (Lipinski definition) is 1. The smallest absolute Gasteiger partial charge is 0.113 e. The third-order valence-corrected chi connectivity index (χ3v) is 5.05. The molecule has 1 saturated carbocycles. The molecular formula is C16H18OS. The standard InChI is InChI=1S/C16H18OS/c1-11-9-10-18-16(11)15(17)14-7-5-13(6-8-14)12-3-2-4-12/h5-10,12,15,17H,2-4H2,1H3. The van der Waals surface area contributed by atoms with E-state index in [2.05, 4.69) is 37.3 Å². The number of rotatable bonds is 3. The molecule has 1 N–H and O–H groups in total. The maximum atomic E-state index is 10.4. The summed E-state index contributed by atoms with van der Waals surface area (Å²) in [7, 11) is 0. The first-order chi connectivity index (χ1) is 8.75. The van der Waals surface area contributed by atoms with Gasteiger partial charge in [-0.15, -0.1) is 11.3 Å². The predicted molar refractivity (Wildman–Crippen MR) is 76.2 cm³/mol. The van der Waals surface area contributed by atoms with Crippen LogP contribution in [0.25, 0.3) is 0 Å². The van der Waals surface area contributed by atoms with Gasteiger partial charge < -0.3 is 5.11 Å². The lowest BCUT2D eigenvalue weighted by Crippen LogP contribution is -2.08. The molecule has 2 heteroatoms. The fourth-order valence-electron chi connectivity index (χ4n) is 2.51. The predicted octanol–water partition coefficient (Wildman–Crippen LogP) is 4.41. The van der Waals surface area contributed by atoms with Crippen molar-refractivity contribution in [3.8, 4) is 0 Å². The quantitative estimate of drug-likeness (QED) is 0.864. The molecule has 94 valence electrons. The minimum absolute atomic E-state index is 0.472. The van der Waals surface area contributed by atoms with Crippen LogP contribution in [0.3, 0.4) is 0 Å². The molecule has 0 aliphatic heterocycles. The van der Waals surface area contributed by atoms with E-state index >= 15 is 0 Å². The van der Waals surface area contributed by atoms with Gasteiger partial charge in [0.05, 0.1) is 0 Å². The van der Waals surface area contributed by atoms with E-state index in [9.17, 15) is 5.11 Å². The van der Waals surface area contributed by atoms with Crippen LogP contribution in [0.5, 0.6) is 0 Å². The number of aliphatic hydroxyl groups is 1. The van der Waals surface area contributed by atoms with Gasteiger partial charge in [0, 0.05) is 4.88 Å². The highest BCUT2D eigenvalue weighted by atomic mass is 32.1. The van der Waals surface area contributed by atoms with Crippen LogP contribution in [-0.4, -0.2) is 5.11 Å². The monoisotopic (exact) mass is 258 g/mol. The molecule has 1 aromatic heterocycles. The molecular weight excluding hydrogens is 240 g/mol. The molecule has 1 nitrogen and oxygen atoms in total. The van der Waals surface area contributed by atoms with Gasteiger partial charge in [-0.1, -0.05) is 30.7 Å². The summed E-state index contributed by atoms with van der Waals surface area (Å²) < 4.78 is 0. The highest BCUT2D eigenvalue weighted by molar-refractivity contribution is 7.10. The van der Waals surface area contributed by atoms with Gasteiger partial charge in [-0.2, -0.15) is 0 Å². The van der Waals surface area contributed by atoms with Crippen molar-refractivity contribution in [2.75, 3.05) is 0 Å². The fraction of sp³-hybridized carbons (Fsp3) is 0.375. The van der Waals surface area contributed by atoms with Crippen LogP contribution in [0.15, 0.2) is 35.7 Å². The Bertz CT molecular complexity index is 522. The van der Waals surface area contributed by atoms with E-state index in [1.165, 1.54) is 30.4 Å². The molecule has 1 atom stereocenters. The van der Waals surface area contributed by atoms with Crippen molar-refractivity contribution in [1.82, 2.24) is 0 Å². The highest BCUT2D eigenvalue weighted by Crippen LogP contribution is 2.37. The van der Waals surface area contributed by atoms with Gasteiger partial charge in [0.25, 0.3) is 0 Å². The molecule has 1 fully saturated rings. The first-order valence-electron chi connectivity index (χ1n) is 6.57. The summed E-state index contributed by atoms with van der Waals surface area (Å²) in [6, 6.07) is 10.6. The minimum atomic E-state index is -0.472. The minimum Gasteiger partial charge on any atom is -0.383 e. The van der Waals surface area contributed by atoms with Crippen molar-refractivity contribution < 1.29 is 5.11 Å². The summed E-state index contributed by atoms with van der Waals surface area (Å²) in [6.07, 6.45) is 3.54. The van der Waals surface area contributed by atoms with E-state index in [-0.39, 0.29) is 0 Å². The highest BCUT2D eigenvalue weighted by Gasteiger charge is 2.20.